The number of likely N-dealkylation sites (N-methyl/N-ethyl adjacent to an activating group) is 2. The van der Waals surface area contributed by atoms with Crippen molar-refractivity contribution in [2.24, 2.45) is 0 Å². The van der Waals surface area contributed by atoms with Crippen LogP contribution in [0.15, 0.2) is 18.2 Å². The minimum Gasteiger partial charge on any atom is -0.383 e. The highest BCUT2D eigenvalue weighted by Crippen LogP contribution is 2.19. The fraction of sp³-hybridized carbons (Fsp3) is 0.625. The number of rotatable bonds is 8. The van der Waals surface area contributed by atoms with Crippen LogP contribution in [0.3, 0.4) is 0 Å². The molecule has 0 aromatic heterocycles. The lowest BCUT2D eigenvalue weighted by Gasteiger charge is -2.26. The Balaban J connectivity index is 2.75. The van der Waals surface area contributed by atoms with Crippen LogP contribution in [0, 0.1) is 13.8 Å². The van der Waals surface area contributed by atoms with E-state index in [4.69, 9.17) is 4.74 Å². The van der Waals surface area contributed by atoms with Gasteiger partial charge in [0, 0.05) is 26.2 Å². The van der Waals surface area contributed by atoms with E-state index in [0.717, 1.165) is 26.2 Å². The van der Waals surface area contributed by atoms with Crippen molar-refractivity contribution in [1.29, 1.82) is 0 Å². The van der Waals surface area contributed by atoms with E-state index < -0.39 is 0 Å². The monoisotopic (exact) mass is 264 g/mol. The molecule has 0 spiro atoms. The number of aryl methyl sites for hydroxylation is 2. The first kappa shape index (κ1) is 16.2. The van der Waals surface area contributed by atoms with Crippen LogP contribution >= 0.6 is 0 Å². The molecule has 1 aromatic rings. The standard InChI is InChI=1S/C16H28N2O/c1-6-17-16(12-18(4)9-10-19-5)15-8-7-13(2)11-14(15)3/h7-8,11,16-17H,6,9-10,12H2,1-5H3. The van der Waals surface area contributed by atoms with Crippen molar-refractivity contribution in [2.45, 2.75) is 26.8 Å². The van der Waals surface area contributed by atoms with E-state index in [1.807, 2.05) is 0 Å². The molecule has 0 bridgehead atoms. The Kier molecular flexibility index (Phi) is 7.06. The molecule has 3 nitrogen and oxygen atoms in total. The van der Waals surface area contributed by atoms with Gasteiger partial charge in [0.15, 0.2) is 0 Å². The summed E-state index contributed by atoms with van der Waals surface area (Å²) < 4.78 is 5.14. The molecule has 1 rings (SSSR count). The molecule has 3 heteroatoms. The van der Waals surface area contributed by atoms with Crippen LogP contribution in [0.25, 0.3) is 0 Å². The van der Waals surface area contributed by atoms with E-state index in [0.29, 0.717) is 6.04 Å². The number of hydrogen-bond acceptors (Lipinski definition) is 3. The number of hydrogen-bond donors (Lipinski definition) is 1. The van der Waals surface area contributed by atoms with Gasteiger partial charge in [0.05, 0.1) is 6.61 Å². The molecular formula is C16H28N2O. The molecule has 0 amide bonds. The molecule has 1 aromatic carbocycles. The fourth-order valence-electron chi connectivity index (χ4n) is 2.39. The second-order valence-corrected chi connectivity index (χ2v) is 5.23. The summed E-state index contributed by atoms with van der Waals surface area (Å²) in [6.45, 7) is 10.2. The Labute approximate surface area is 118 Å². The second-order valence-electron chi connectivity index (χ2n) is 5.23. The molecule has 0 aliphatic carbocycles. The highest BCUT2D eigenvalue weighted by atomic mass is 16.5. The third-order valence-corrected chi connectivity index (χ3v) is 3.42. The van der Waals surface area contributed by atoms with Crippen molar-refractivity contribution in [3.8, 4) is 0 Å². The average Bonchev–Trinajstić information content (AvgIpc) is 2.36. The Morgan fingerprint density at radius 1 is 1.32 bits per heavy atom. The predicted molar refractivity (Wildman–Crippen MR) is 81.7 cm³/mol. The third-order valence-electron chi connectivity index (χ3n) is 3.42. The van der Waals surface area contributed by atoms with Crippen molar-refractivity contribution in [3.63, 3.8) is 0 Å². The summed E-state index contributed by atoms with van der Waals surface area (Å²) in [6, 6.07) is 7.09. The molecule has 0 heterocycles. The zero-order chi connectivity index (χ0) is 14.3. The molecule has 0 aliphatic rings. The number of nitrogens with one attached hydrogen (secondary N) is 1. The maximum Gasteiger partial charge on any atom is 0.0589 e. The van der Waals surface area contributed by atoms with Gasteiger partial charge in [-0.3, -0.25) is 0 Å². The normalized spacial score (nSPS) is 12.9. The zero-order valence-electron chi connectivity index (χ0n) is 13.0. The summed E-state index contributed by atoms with van der Waals surface area (Å²) in [5.74, 6) is 0. The topological polar surface area (TPSA) is 24.5 Å². The van der Waals surface area contributed by atoms with Gasteiger partial charge in [-0.1, -0.05) is 30.7 Å². The van der Waals surface area contributed by atoms with E-state index in [1.54, 1.807) is 7.11 Å². The Hall–Kier alpha value is -0.900. The maximum atomic E-state index is 5.14. The molecule has 0 saturated heterocycles. The smallest absolute Gasteiger partial charge is 0.0589 e. The lowest BCUT2D eigenvalue weighted by atomic mass is 9.98. The van der Waals surface area contributed by atoms with Gasteiger partial charge in [0.1, 0.15) is 0 Å². The molecule has 0 fully saturated rings. The fourth-order valence-corrected chi connectivity index (χ4v) is 2.39. The molecule has 0 saturated carbocycles. The molecule has 0 aliphatic heterocycles. The summed E-state index contributed by atoms with van der Waals surface area (Å²) >= 11 is 0. The minimum absolute atomic E-state index is 0.382. The van der Waals surface area contributed by atoms with Gasteiger partial charge in [-0.05, 0) is 38.6 Å². The van der Waals surface area contributed by atoms with Crippen LogP contribution in [0.5, 0.6) is 0 Å². The number of methoxy groups -OCH3 is 1. The molecule has 108 valence electrons. The van der Waals surface area contributed by atoms with Gasteiger partial charge in [-0.25, -0.2) is 0 Å². The van der Waals surface area contributed by atoms with Crippen molar-refractivity contribution < 1.29 is 4.74 Å². The summed E-state index contributed by atoms with van der Waals surface area (Å²) in [5.41, 5.74) is 4.09. The van der Waals surface area contributed by atoms with Crippen LogP contribution in [0.4, 0.5) is 0 Å². The summed E-state index contributed by atoms with van der Waals surface area (Å²) in [6.07, 6.45) is 0. The molecule has 0 radical (unpaired) electrons. The lowest BCUT2D eigenvalue weighted by Crippen LogP contribution is -2.35. The zero-order valence-corrected chi connectivity index (χ0v) is 13.0. The first-order valence-electron chi connectivity index (χ1n) is 7.06. The first-order chi connectivity index (χ1) is 9.08. The van der Waals surface area contributed by atoms with E-state index in [-0.39, 0.29) is 0 Å². The van der Waals surface area contributed by atoms with Gasteiger partial charge in [-0.15, -0.1) is 0 Å². The number of benzene rings is 1. The van der Waals surface area contributed by atoms with Crippen molar-refractivity contribution in [1.82, 2.24) is 10.2 Å². The number of nitrogens with zero attached hydrogens (tertiary/aromatic N) is 1. The Morgan fingerprint density at radius 2 is 2.05 bits per heavy atom. The van der Waals surface area contributed by atoms with Gasteiger partial charge >= 0.3 is 0 Å². The minimum atomic E-state index is 0.382. The van der Waals surface area contributed by atoms with Crippen LogP contribution in [0.1, 0.15) is 29.7 Å². The van der Waals surface area contributed by atoms with Gasteiger partial charge in [0.25, 0.3) is 0 Å². The van der Waals surface area contributed by atoms with E-state index in [9.17, 15) is 0 Å². The highest BCUT2D eigenvalue weighted by Gasteiger charge is 2.14. The van der Waals surface area contributed by atoms with Crippen LogP contribution in [-0.4, -0.2) is 45.3 Å². The van der Waals surface area contributed by atoms with E-state index in [2.05, 4.69) is 56.2 Å². The van der Waals surface area contributed by atoms with Crippen LogP contribution < -0.4 is 5.32 Å². The first-order valence-corrected chi connectivity index (χ1v) is 7.06. The summed E-state index contributed by atoms with van der Waals surface area (Å²) in [5, 5.41) is 3.58. The van der Waals surface area contributed by atoms with E-state index >= 15 is 0 Å². The second kappa shape index (κ2) is 8.31. The van der Waals surface area contributed by atoms with Crippen molar-refractivity contribution >= 4 is 0 Å². The van der Waals surface area contributed by atoms with E-state index in [1.165, 1.54) is 16.7 Å². The molecule has 1 unspecified atom stereocenters. The summed E-state index contributed by atoms with van der Waals surface area (Å²) in [7, 11) is 3.90. The van der Waals surface area contributed by atoms with Crippen LogP contribution in [-0.2, 0) is 4.74 Å². The maximum absolute atomic E-state index is 5.14. The van der Waals surface area contributed by atoms with Gasteiger partial charge in [0.2, 0.25) is 0 Å². The quantitative estimate of drug-likeness (QED) is 0.781. The third kappa shape index (κ3) is 5.31. The highest BCUT2D eigenvalue weighted by molar-refractivity contribution is 5.33. The number of ether oxygens (including phenoxy) is 1. The summed E-state index contributed by atoms with van der Waals surface area (Å²) in [4.78, 5) is 2.32. The Morgan fingerprint density at radius 3 is 2.63 bits per heavy atom. The van der Waals surface area contributed by atoms with Crippen molar-refractivity contribution in [2.75, 3.05) is 40.4 Å². The average molecular weight is 264 g/mol. The Bertz CT molecular complexity index is 379. The molecule has 1 atom stereocenters. The molecule has 1 N–H and O–H groups in total. The predicted octanol–water partition coefficient (Wildman–Crippen LogP) is 2.53. The van der Waals surface area contributed by atoms with Gasteiger partial charge in [-0.2, -0.15) is 0 Å². The van der Waals surface area contributed by atoms with Crippen molar-refractivity contribution in [3.05, 3.63) is 34.9 Å². The SMILES string of the molecule is CCNC(CN(C)CCOC)c1ccc(C)cc1C. The molecular weight excluding hydrogens is 236 g/mol. The van der Waals surface area contributed by atoms with Gasteiger partial charge < -0.3 is 15.0 Å². The van der Waals surface area contributed by atoms with Crippen LogP contribution in [0.2, 0.25) is 0 Å². The largest absolute Gasteiger partial charge is 0.383 e. The lowest BCUT2D eigenvalue weighted by molar-refractivity contribution is 0.155. The molecule has 19 heavy (non-hydrogen) atoms.